The molecule has 2 rings (SSSR count). The number of amides is 1. The van der Waals surface area contributed by atoms with Crippen molar-refractivity contribution in [2.75, 3.05) is 12.0 Å². The minimum absolute atomic E-state index is 0.309. The van der Waals surface area contributed by atoms with Crippen LogP contribution in [-0.4, -0.2) is 30.0 Å². The molecule has 0 saturated carbocycles. The Bertz CT molecular complexity index is 662. The van der Waals surface area contributed by atoms with Crippen molar-refractivity contribution in [3.05, 3.63) is 45.9 Å². The molecule has 0 aliphatic rings. The summed E-state index contributed by atoms with van der Waals surface area (Å²) in [5.41, 5.74) is 4.47. The van der Waals surface area contributed by atoms with Gasteiger partial charge < -0.3 is 4.74 Å². The van der Waals surface area contributed by atoms with Crippen LogP contribution in [0.15, 0.2) is 29.1 Å². The summed E-state index contributed by atoms with van der Waals surface area (Å²) in [5.74, 6) is -0.775. The van der Waals surface area contributed by atoms with E-state index in [0.29, 0.717) is 5.69 Å². The molecule has 0 spiro atoms. The Labute approximate surface area is 133 Å². The van der Waals surface area contributed by atoms with Crippen LogP contribution in [0.4, 0.5) is 5.69 Å². The van der Waals surface area contributed by atoms with Gasteiger partial charge in [0.2, 0.25) is 0 Å². The summed E-state index contributed by atoms with van der Waals surface area (Å²) < 4.78 is 4.81. The molecule has 116 valence electrons. The Morgan fingerprint density at radius 3 is 2.41 bits per heavy atom. The second kappa shape index (κ2) is 6.70. The first-order chi connectivity index (χ1) is 10.5. The van der Waals surface area contributed by atoms with Gasteiger partial charge in [0, 0.05) is 5.38 Å². The first-order valence-electron chi connectivity index (χ1n) is 6.83. The molecule has 0 bridgehead atoms. The first-order valence-corrected chi connectivity index (χ1v) is 7.77. The van der Waals surface area contributed by atoms with Crippen LogP contribution < -0.4 is 4.90 Å². The van der Waals surface area contributed by atoms with E-state index < -0.39 is 12.0 Å². The molecule has 0 aliphatic heterocycles. The molecule has 2 aromatic rings. The highest BCUT2D eigenvalue weighted by Gasteiger charge is 2.31. The fourth-order valence-electron chi connectivity index (χ4n) is 2.37. The maximum Gasteiger partial charge on any atom is 0.328 e. The molecule has 1 atom stereocenters. The van der Waals surface area contributed by atoms with Gasteiger partial charge in [-0.1, -0.05) is 18.2 Å². The number of anilines is 1. The molecule has 0 fully saturated rings. The third-order valence-corrected chi connectivity index (χ3v) is 4.07. The van der Waals surface area contributed by atoms with Gasteiger partial charge in [0.05, 0.1) is 18.3 Å². The van der Waals surface area contributed by atoms with E-state index >= 15 is 0 Å². The smallest absolute Gasteiger partial charge is 0.328 e. The predicted octanol–water partition coefficient (Wildman–Crippen LogP) is 2.97. The lowest BCUT2D eigenvalue weighted by atomic mass is 10.1. The number of thiazole rings is 1. The monoisotopic (exact) mass is 318 g/mol. The maximum absolute atomic E-state index is 12.8. The van der Waals surface area contributed by atoms with E-state index in [1.807, 2.05) is 32.0 Å². The molecule has 0 unspecified atom stereocenters. The molecule has 0 N–H and O–H groups in total. The first kappa shape index (κ1) is 16.2. The van der Waals surface area contributed by atoms with Gasteiger partial charge in [-0.2, -0.15) is 0 Å². The minimum Gasteiger partial charge on any atom is -0.467 e. The summed E-state index contributed by atoms with van der Waals surface area (Å²) in [6.45, 7) is 5.48. The molecular weight excluding hydrogens is 300 g/mol. The summed E-state index contributed by atoms with van der Waals surface area (Å²) in [7, 11) is 1.31. The lowest BCUT2D eigenvalue weighted by Gasteiger charge is -2.29. The summed E-state index contributed by atoms with van der Waals surface area (Å²) in [6.07, 6.45) is 0. The number of hydrogen-bond acceptors (Lipinski definition) is 5. The van der Waals surface area contributed by atoms with Crippen LogP contribution in [0.1, 0.15) is 28.5 Å². The predicted molar refractivity (Wildman–Crippen MR) is 86.3 cm³/mol. The maximum atomic E-state index is 12.8. The standard InChI is InChI=1S/C16H18N2O3S/c1-10-6-5-7-11(2)14(10)18(12(3)16(20)21-4)15(19)13-8-22-9-17-13/h5-9,12H,1-4H3/t12-/m0/s1. The second-order valence-electron chi connectivity index (χ2n) is 4.99. The molecule has 0 aliphatic carbocycles. The number of methoxy groups -OCH3 is 1. The molecule has 1 heterocycles. The molecule has 5 nitrogen and oxygen atoms in total. The summed E-state index contributed by atoms with van der Waals surface area (Å²) in [5, 5.41) is 1.67. The van der Waals surface area contributed by atoms with E-state index in [1.54, 1.807) is 17.8 Å². The molecule has 1 amide bonds. The lowest BCUT2D eigenvalue weighted by Crippen LogP contribution is -2.45. The number of para-hydroxylation sites is 1. The summed E-state index contributed by atoms with van der Waals surface area (Å²) >= 11 is 1.34. The Hall–Kier alpha value is -2.21. The number of carbonyl (C=O) groups excluding carboxylic acids is 2. The third-order valence-electron chi connectivity index (χ3n) is 3.48. The number of rotatable bonds is 4. The number of carbonyl (C=O) groups is 2. The van der Waals surface area contributed by atoms with Crippen molar-refractivity contribution in [3.8, 4) is 0 Å². The summed E-state index contributed by atoms with van der Waals surface area (Å²) in [4.78, 5) is 30.4. The number of aryl methyl sites for hydroxylation is 2. The van der Waals surface area contributed by atoms with Crippen molar-refractivity contribution in [1.29, 1.82) is 0 Å². The minimum atomic E-state index is -0.737. The second-order valence-corrected chi connectivity index (χ2v) is 5.71. The molecule has 0 radical (unpaired) electrons. The van der Waals surface area contributed by atoms with E-state index in [2.05, 4.69) is 4.98 Å². The topological polar surface area (TPSA) is 59.5 Å². The number of esters is 1. The van der Waals surface area contributed by atoms with Gasteiger partial charge in [0.1, 0.15) is 11.7 Å². The van der Waals surface area contributed by atoms with Crippen molar-refractivity contribution in [1.82, 2.24) is 4.98 Å². The zero-order chi connectivity index (χ0) is 16.3. The summed E-state index contributed by atoms with van der Waals surface area (Å²) in [6, 6.07) is 5.00. The normalized spacial score (nSPS) is 11.8. The van der Waals surface area contributed by atoms with Crippen LogP contribution in [0.3, 0.4) is 0 Å². The molecular formula is C16H18N2O3S. The molecule has 0 saturated heterocycles. The SMILES string of the molecule is COC(=O)[C@H](C)N(C(=O)c1cscn1)c1c(C)cccc1C. The number of hydrogen-bond donors (Lipinski definition) is 0. The van der Waals surface area contributed by atoms with Crippen LogP contribution in [0.25, 0.3) is 0 Å². The third kappa shape index (κ3) is 3.01. The average molecular weight is 318 g/mol. The molecule has 6 heteroatoms. The van der Waals surface area contributed by atoms with Crippen molar-refractivity contribution in [2.24, 2.45) is 0 Å². The van der Waals surface area contributed by atoms with E-state index in [4.69, 9.17) is 4.74 Å². The largest absolute Gasteiger partial charge is 0.467 e. The fraction of sp³-hybridized carbons (Fsp3) is 0.312. The van der Waals surface area contributed by atoms with Crippen molar-refractivity contribution in [3.63, 3.8) is 0 Å². The van der Waals surface area contributed by atoms with Gasteiger partial charge in [-0.25, -0.2) is 9.78 Å². The van der Waals surface area contributed by atoms with Crippen LogP contribution in [0, 0.1) is 13.8 Å². The highest BCUT2D eigenvalue weighted by Crippen LogP contribution is 2.28. The van der Waals surface area contributed by atoms with Crippen molar-refractivity contribution >= 4 is 28.9 Å². The Morgan fingerprint density at radius 1 is 1.27 bits per heavy atom. The molecule has 22 heavy (non-hydrogen) atoms. The van der Waals surface area contributed by atoms with Crippen LogP contribution >= 0.6 is 11.3 Å². The Kier molecular flexibility index (Phi) is 4.92. The van der Waals surface area contributed by atoms with Gasteiger partial charge in [0.15, 0.2) is 0 Å². The highest BCUT2D eigenvalue weighted by atomic mass is 32.1. The van der Waals surface area contributed by atoms with E-state index in [9.17, 15) is 9.59 Å². The zero-order valence-corrected chi connectivity index (χ0v) is 13.8. The van der Waals surface area contributed by atoms with Crippen LogP contribution in [0.5, 0.6) is 0 Å². The van der Waals surface area contributed by atoms with E-state index in [-0.39, 0.29) is 5.91 Å². The Morgan fingerprint density at radius 2 is 1.91 bits per heavy atom. The average Bonchev–Trinajstić information content (AvgIpc) is 3.03. The number of nitrogens with zero attached hydrogens (tertiary/aromatic N) is 2. The van der Waals surface area contributed by atoms with Gasteiger partial charge >= 0.3 is 5.97 Å². The quantitative estimate of drug-likeness (QED) is 0.813. The van der Waals surface area contributed by atoms with Crippen LogP contribution in [0.2, 0.25) is 0 Å². The number of ether oxygens (including phenoxy) is 1. The number of aromatic nitrogens is 1. The van der Waals surface area contributed by atoms with E-state index in [0.717, 1.165) is 16.8 Å². The lowest BCUT2D eigenvalue weighted by molar-refractivity contribution is -0.141. The Balaban J connectivity index is 2.55. The number of benzene rings is 1. The highest BCUT2D eigenvalue weighted by molar-refractivity contribution is 7.07. The van der Waals surface area contributed by atoms with Gasteiger partial charge in [0.25, 0.3) is 5.91 Å². The van der Waals surface area contributed by atoms with Gasteiger partial charge in [-0.05, 0) is 31.9 Å². The zero-order valence-electron chi connectivity index (χ0n) is 13.0. The van der Waals surface area contributed by atoms with Gasteiger partial charge in [-0.15, -0.1) is 11.3 Å². The van der Waals surface area contributed by atoms with Crippen LogP contribution in [-0.2, 0) is 9.53 Å². The fourth-order valence-corrected chi connectivity index (χ4v) is 2.90. The molecule has 1 aromatic heterocycles. The van der Waals surface area contributed by atoms with E-state index in [1.165, 1.54) is 23.3 Å². The van der Waals surface area contributed by atoms with Crippen molar-refractivity contribution < 1.29 is 14.3 Å². The molecule has 1 aromatic carbocycles. The van der Waals surface area contributed by atoms with Gasteiger partial charge in [-0.3, -0.25) is 9.69 Å². The van der Waals surface area contributed by atoms with Crippen molar-refractivity contribution in [2.45, 2.75) is 26.8 Å².